The molecule has 104 valence electrons. The molecule has 0 saturated carbocycles. The molecule has 1 aromatic rings. The molecular formula is C14H18ClFN2O. The number of aryl methyl sites for hydroxylation is 1. The van der Waals surface area contributed by atoms with E-state index in [1.165, 1.54) is 12.1 Å². The van der Waals surface area contributed by atoms with Gasteiger partial charge in [-0.15, -0.1) is 0 Å². The van der Waals surface area contributed by atoms with Crippen molar-refractivity contribution < 1.29 is 9.18 Å². The second-order valence-electron chi connectivity index (χ2n) is 4.98. The van der Waals surface area contributed by atoms with E-state index in [1.807, 2.05) is 0 Å². The zero-order chi connectivity index (χ0) is 13.8. The Bertz CT molecular complexity index is 473. The van der Waals surface area contributed by atoms with Crippen LogP contribution in [0.2, 0.25) is 5.02 Å². The van der Waals surface area contributed by atoms with Gasteiger partial charge in [-0.1, -0.05) is 11.6 Å². The highest BCUT2D eigenvalue weighted by Gasteiger charge is 2.17. The van der Waals surface area contributed by atoms with Crippen molar-refractivity contribution >= 4 is 17.5 Å². The van der Waals surface area contributed by atoms with Gasteiger partial charge < -0.3 is 10.6 Å². The first-order chi connectivity index (χ1) is 9.08. The highest BCUT2D eigenvalue weighted by atomic mass is 35.5. The quantitative estimate of drug-likeness (QED) is 0.895. The van der Waals surface area contributed by atoms with E-state index in [0.29, 0.717) is 23.0 Å². The van der Waals surface area contributed by atoms with Gasteiger partial charge in [-0.3, -0.25) is 4.79 Å². The Hall–Kier alpha value is -1.13. The Morgan fingerprint density at radius 1 is 1.47 bits per heavy atom. The number of amides is 1. The number of carbonyl (C=O) groups is 1. The van der Waals surface area contributed by atoms with E-state index in [0.717, 1.165) is 25.9 Å². The fraction of sp³-hybridized carbons (Fsp3) is 0.500. The smallest absolute Gasteiger partial charge is 0.252 e. The molecule has 1 fully saturated rings. The first kappa shape index (κ1) is 14.3. The number of halogens is 2. The summed E-state index contributed by atoms with van der Waals surface area (Å²) in [6, 6.07) is 2.69. The number of benzene rings is 1. The van der Waals surface area contributed by atoms with Crippen molar-refractivity contribution in [3.63, 3.8) is 0 Å². The van der Waals surface area contributed by atoms with E-state index < -0.39 is 5.82 Å². The maximum atomic E-state index is 13.5. The lowest BCUT2D eigenvalue weighted by Crippen LogP contribution is -2.36. The number of hydrogen-bond donors (Lipinski definition) is 2. The van der Waals surface area contributed by atoms with Gasteiger partial charge in [0, 0.05) is 6.54 Å². The molecule has 0 bridgehead atoms. The summed E-state index contributed by atoms with van der Waals surface area (Å²) >= 11 is 5.98. The van der Waals surface area contributed by atoms with Crippen molar-refractivity contribution in [2.24, 2.45) is 5.92 Å². The Labute approximate surface area is 117 Å². The van der Waals surface area contributed by atoms with Crippen LogP contribution in [0, 0.1) is 18.7 Å². The van der Waals surface area contributed by atoms with E-state index in [9.17, 15) is 9.18 Å². The lowest BCUT2D eigenvalue weighted by Gasteiger charge is -2.22. The van der Waals surface area contributed by atoms with Crippen LogP contribution in [0.4, 0.5) is 4.39 Å². The van der Waals surface area contributed by atoms with Crippen LogP contribution in [-0.4, -0.2) is 25.5 Å². The van der Waals surface area contributed by atoms with E-state index in [1.54, 1.807) is 6.92 Å². The summed E-state index contributed by atoms with van der Waals surface area (Å²) in [6.45, 7) is 4.21. The summed E-state index contributed by atoms with van der Waals surface area (Å²) in [7, 11) is 0. The summed E-state index contributed by atoms with van der Waals surface area (Å²) in [6.07, 6.45) is 2.10. The van der Waals surface area contributed by atoms with Crippen LogP contribution in [0.25, 0.3) is 0 Å². The van der Waals surface area contributed by atoms with Crippen molar-refractivity contribution in [2.45, 2.75) is 19.8 Å². The minimum Gasteiger partial charge on any atom is -0.352 e. The standard InChI is InChI=1S/C14H18ClFN2O/c1-9-6-12(15)11(7-13(9)16)14(19)18-8-10-2-4-17-5-3-10/h6-7,10,17H,2-5,8H2,1H3,(H,18,19). The molecule has 5 heteroatoms. The van der Waals surface area contributed by atoms with Gasteiger partial charge in [-0.05, 0) is 56.5 Å². The number of hydrogen-bond acceptors (Lipinski definition) is 2. The van der Waals surface area contributed by atoms with Gasteiger partial charge in [0.05, 0.1) is 10.6 Å². The Morgan fingerprint density at radius 2 is 2.16 bits per heavy atom. The molecule has 1 saturated heterocycles. The van der Waals surface area contributed by atoms with Gasteiger partial charge in [0.1, 0.15) is 5.82 Å². The Balaban J connectivity index is 1.97. The lowest BCUT2D eigenvalue weighted by atomic mass is 9.98. The molecule has 2 rings (SSSR count). The molecule has 1 heterocycles. The maximum absolute atomic E-state index is 13.5. The second kappa shape index (κ2) is 6.35. The highest BCUT2D eigenvalue weighted by molar-refractivity contribution is 6.33. The number of rotatable bonds is 3. The fourth-order valence-corrected chi connectivity index (χ4v) is 2.54. The monoisotopic (exact) mass is 284 g/mol. The van der Waals surface area contributed by atoms with E-state index in [2.05, 4.69) is 10.6 Å². The zero-order valence-electron chi connectivity index (χ0n) is 10.9. The summed E-state index contributed by atoms with van der Waals surface area (Å²) in [5.74, 6) is -0.224. The molecule has 0 unspecified atom stereocenters. The molecule has 2 N–H and O–H groups in total. The predicted octanol–water partition coefficient (Wildman–Crippen LogP) is 2.52. The third-order valence-electron chi connectivity index (χ3n) is 3.50. The van der Waals surface area contributed by atoms with Crippen LogP contribution in [0.5, 0.6) is 0 Å². The minimum absolute atomic E-state index is 0.207. The van der Waals surface area contributed by atoms with Crippen molar-refractivity contribution in [1.29, 1.82) is 0 Å². The Kier molecular flexibility index (Phi) is 4.77. The largest absolute Gasteiger partial charge is 0.352 e. The average Bonchev–Trinajstić information content (AvgIpc) is 2.41. The summed E-state index contributed by atoms with van der Waals surface area (Å²) in [4.78, 5) is 12.0. The fourth-order valence-electron chi connectivity index (χ4n) is 2.24. The molecule has 0 spiro atoms. The van der Waals surface area contributed by atoms with Gasteiger partial charge in [-0.25, -0.2) is 4.39 Å². The Morgan fingerprint density at radius 3 is 2.84 bits per heavy atom. The molecule has 0 radical (unpaired) electrons. The van der Waals surface area contributed by atoms with Crippen LogP contribution in [0.15, 0.2) is 12.1 Å². The topological polar surface area (TPSA) is 41.1 Å². The van der Waals surface area contributed by atoms with Gasteiger partial charge in [0.15, 0.2) is 0 Å². The number of piperidine rings is 1. The van der Waals surface area contributed by atoms with Crippen molar-refractivity contribution in [1.82, 2.24) is 10.6 Å². The van der Waals surface area contributed by atoms with Crippen LogP contribution < -0.4 is 10.6 Å². The summed E-state index contributed by atoms with van der Waals surface area (Å²) < 4.78 is 13.5. The summed E-state index contributed by atoms with van der Waals surface area (Å²) in [5.41, 5.74) is 0.651. The molecule has 3 nitrogen and oxygen atoms in total. The van der Waals surface area contributed by atoms with Gasteiger partial charge in [-0.2, -0.15) is 0 Å². The molecule has 1 aliphatic heterocycles. The normalized spacial score (nSPS) is 16.4. The molecule has 1 amide bonds. The first-order valence-electron chi connectivity index (χ1n) is 6.52. The average molecular weight is 285 g/mol. The predicted molar refractivity (Wildman–Crippen MR) is 74.1 cm³/mol. The molecular weight excluding hydrogens is 267 g/mol. The van der Waals surface area contributed by atoms with E-state index >= 15 is 0 Å². The SMILES string of the molecule is Cc1cc(Cl)c(C(=O)NCC2CCNCC2)cc1F. The molecule has 1 aromatic carbocycles. The van der Waals surface area contributed by atoms with Crippen LogP contribution in [-0.2, 0) is 0 Å². The number of carbonyl (C=O) groups excluding carboxylic acids is 1. The molecule has 0 atom stereocenters. The van der Waals surface area contributed by atoms with Gasteiger partial charge in [0.25, 0.3) is 5.91 Å². The van der Waals surface area contributed by atoms with Crippen LogP contribution in [0.1, 0.15) is 28.8 Å². The van der Waals surface area contributed by atoms with Crippen molar-refractivity contribution in [2.75, 3.05) is 19.6 Å². The maximum Gasteiger partial charge on any atom is 0.252 e. The third-order valence-corrected chi connectivity index (χ3v) is 3.82. The first-order valence-corrected chi connectivity index (χ1v) is 6.90. The molecule has 0 aromatic heterocycles. The second-order valence-corrected chi connectivity index (χ2v) is 5.39. The zero-order valence-corrected chi connectivity index (χ0v) is 11.7. The highest BCUT2D eigenvalue weighted by Crippen LogP contribution is 2.20. The molecule has 1 aliphatic rings. The van der Waals surface area contributed by atoms with E-state index in [-0.39, 0.29) is 11.5 Å². The molecule has 19 heavy (non-hydrogen) atoms. The van der Waals surface area contributed by atoms with Gasteiger partial charge >= 0.3 is 0 Å². The van der Waals surface area contributed by atoms with Crippen LogP contribution in [0.3, 0.4) is 0 Å². The molecule has 0 aliphatic carbocycles. The van der Waals surface area contributed by atoms with Crippen molar-refractivity contribution in [3.8, 4) is 0 Å². The van der Waals surface area contributed by atoms with Crippen LogP contribution >= 0.6 is 11.6 Å². The number of nitrogens with one attached hydrogen (secondary N) is 2. The minimum atomic E-state index is -0.406. The summed E-state index contributed by atoms with van der Waals surface area (Å²) in [5, 5.41) is 6.41. The van der Waals surface area contributed by atoms with Crippen molar-refractivity contribution in [3.05, 3.63) is 34.1 Å². The lowest BCUT2D eigenvalue weighted by molar-refractivity contribution is 0.0944. The van der Waals surface area contributed by atoms with E-state index in [4.69, 9.17) is 11.6 Å². The third kappa shape index (κ3) is 3.67. The van der Waals surface area contributed by atoms with Gasteiger partial charge in [0.2, 0.25) is 0 Å².